The third-order valence-electron chi connectivity index (χ3n) is 3.46. The molecule has 18 heavy (non-hydrogen) atoms. The molecular formula is C14H17ClINO. The summed E-state index contributed by atoms with van der Waals surface area (Å²) in [5.74, 6) is 0.431. The summed E-state index contributed by atoms with van der Waals surface area (Å²) in [6.07, 6.45) is 4.65. The van der Waals surface area contributed by atoms with Crippen molar-refractivity contribution in [3.05, 3.63) is 33.4 Å². The van der Waals surface area contributed by atoms with Crippen molar-refractivity contribution in [3.8, 4) is 0 Å². The topological polar surface area (TPSA) is 29.1 Å². The maximum Gasteiger partial charge on any atom is 0.252 e. The Labute approximate surface area is 127 Å². The fourth-order valence-corrected chi connectivity index (χ4v) is 3.36. The van der Waals surface area contributed by atoms with Crippen molar-refractivity contribution in [2.75, 3.05) is 6.54 Å². The Morgan fingerprint density at radius 3 is 2.78 bits per heavy atom. The molecule has 0 aliphatic heterocycles. The zero-order chi connectivity index (χ0) is 13.0. The third-order valence-corrected chi connectivity index (χ3v) is 4.97. The second kappa shape index (κ2) is 6.75. The number of nitrogens with one attached hydrogen (secondary N) is 1. The minimum Gasteiger partial charge on any atom is -0.352 e. The van der Waals surface area contributed by atoms with Crippen molar-refractivity contribution >= 4 is 40.1 Å². The zero-order valence-corrected chi connectivity index (χ0v) is 13.1. The largest absolute Gasteiger partial charge is 0.352 e. The predicted octanol–water partition coefficient (Wildman–Crippen LogP) is 3.82. The standard InChI is InChI=1S/C14H17ClINO/c15-12-7-3-1-5-10(12)9-17-14(18)11-6-2-4-8-13(11)16/h2,4,6,8,10,12H,1,3,5,7,9H2,(H,17,18). The van der Waals surface area contributed by atoms with Gasteiger partial charge in [-0.2, -0.15) is 0 Å². The van der Waals surface area contributed by atoms with Crippen LogP contribution in [0.25, 0.3) is 0 Å². The molecular weight excluding hydrogens is 361 g/mol. The summed E-state index contributed by atoms with van der Waals surface area (Å²) in [6.45, 7) is 0.692. The van der Waals surface area contributed by atoms with Crippen molar-refractivity contribution in [1.82, 2.24) is 5.32 Å². The van der Waals surface area contributed by atoms with Crippen LogP contribution in [0.4, 0.5) is 0 Å². The van der Waals surface area contributed by atoms with Gasteiger partial charge in [0.1, 0.15) is 0 Å². The highest BCUT2D eigenvalue weighted by atomic mass is 127. The van der Waals surface area contributed by atoms with E-state index in [4.69, 9.17) is 11.6 Å². The van der Waals surface area contributed by atoms with Crippen LogP contribution >= 0.6 is 34.2 Å². The Morgan fingerprint density at radius 1 is 1.33 bits per heavy atom. The van der Waals surface area contributed by atoms with Crippen molar-refractivity contribution in [2.45, 2.75) is 31.1 Å². The molecule has 1 N–H and O–H groups in total. The van der Waals surface area contributed by atoms with Gasteiger partial charge in [0, 0.05) is 15.5 Å². The Hall–Kier alpha value is -0.290. The number of hydrogen-bond acceptors (Lipinski definition) is 1. The second-order valence-electron chi connectivity index (χ2n) is 4.75. The quantitative estimate of drug-likeness (QED) is 0.630. The minimum absolute atomic E-state index is 0.00874. The maximum absolute atomic E-state index is 12.1. The Kier molecular flexibility index (Phi) is 5.30. The smallest absolute Gasteiger partial charge is 0.252 e. The van der Waals surface area contributed by atoms with Crippen LogP contribution in [0.15, 0.2) is 24.3 Å². The van der Waals surface area contributed by atoms with Gasteiger partial charge in [0.15, 0.2) is 0 Å². The number of alkyl halides is 1. The van der Waals surface area contributed by atoms with E-state index in [1.54, 1.807) is 0 Å². The molecule has 1 aromatic rings. The lowest BCUT2D eigenvalue weighted by Gasteiger charge is -2.27. The van der Waals surface area contributed by atoms with Crippen molar-refractivity contribution in [2.24, 2.45) is 5.92 Å². The molecule has 0 radical (unpaired) electrons. The molecule has 4 heteroatoms. The van der Waals surface area contributed by atoms with Crippen molar-refractivity contribution in [3.63, 3.8) is 0 Å². The van der Waals surface area contributed by atoms with Gasteiger partial charge >= 0.3 is 0 Å². The van der Waals surface area contributed by atoms with Gasteiger partial charge in [0.2, 0.25) is 0 Å². The number of carbonyl (C=O) groups excluding carboxylic acids is 1. The van der Waals surface area contributed by atoms with E-state index in [1.807, 2.05) is 24.3 Å². The lowest BCUT2D eigenvalue weighted by Crippen LogP contribution is -2.35. The number of amides is 1. The summed E-state index contributed by atoms with van der Waals surface area (Å²) in [5, 5.41) is 3.23. The first-order valence-corrected chi connectivity index (χ1v) is 7.87. The van der Waals surface area contributed by atoms with Gasteiger partial charge in [-0.3, -0.25) is 4.79 Å². The molecule has 98 valence electrons. The highest BCUT2D eigenvalue weighted by Gasteiger charge is 2.23. The van der Waals surface area contributed by atoms with E-state index in [1.165, 1.54) is 12.8 Å². The number of benzene rings is 1. The summed E-state index contributed by atoms with van der Waals surface area (Å²) in [6, 6.07) is 7.63. The van der Waals surface area contributed by atoms with Crippen LogP contribution in [-0.4, -0.2) is 17.8 Å². The van der Waals surface area contributed by atoms with Crippen LogP contribution in [0.3, 0.4) is 0 Å². The molecule has 1 aliphatic rings. The van der Waals surface area contributed by atoms with Crippen LogP contribution in [0.1, 0.15) is 36.0 Å². The number of halogens is 2. The molecule has 1 fully saturated rings. The Balaban J connectivity index is 1.90. The van der Waals surface area contributed by atoms with E-state index in [2.05, 4.69) is 27.9 Å². The lowest BCUT2D eigenvalue weighted by molar-refractivity contribution is 0.0943. The fraction of sp³-hybridized carbons (Fsp3) is 0.500. The van der Waals surface area contributed by atoms with Gasteiger partial charge in [-0.15, -0.1) is 11.6 Å². The average molecular weight is 378 g/mol. The molecule has 2 nitrogen and oxygen atoms in total. The first-order valence-electron chi connectivity index (χ1n) is 6.35. The van der Waals surface area contributed by atoms with E-state index in [-0.39, 0.29) is 11.3 Å². The summed E-state index contributed by atoms with van der Waals surface area (Å²) in [5.41, 5.74) is 0.750. The Bertz CT molecular complexity index is 424. The molecule has 1 aromatic carbocycles. The molecule has 0 heterocycles. The average Bonchev–Trinajstić information content (AvgIpc) is 2.38. The fourth-order valence-electron chi connectivity index (χ4n) is 2.36. The zero-order valence-electron chi connectivity index (χ0n) is 10.2. The van der Waals surface area contributed by atoms with Crippen LogP contribution in [0.5, 0.6) is 0 Å². The molecule has 1 saturated carbocycles. The molecule has 0 aromatic heterocycles. The van der Waals surface area contributed by atoms with Gasteiger partial charge in [-0.1, -0.05) is 25.0 Å². The molecule has 2 rings (SSSR count). The summed E-state index contributed by atoms with van der Waals surface area (Å²) >= 11 is 8.48. The highest BCUT2D eigenvalue weighted by Crippen LogP contribution is 2.28. The van der Waals surface area contributed by atoms with E-state index >= 15 is 0 Å². The van der Waals surface area contributed by atoms with Crippen molar-refractivity contribution in [1.29, 1.82) is 0 Å². The van der Waals surface area contributed by atoms with Gasteiger partial charge in [-0.05, 0) is 53.5 Å². The second-order valence-corrected chi connectivity index (χ2v) is 6.47. The normalized spacial score (nSPS) is 23.7. The van der Waals surface area contributed by atoms with Gasteiger partial charge in [-0.25, -0.2) is 0 Å². The van der Waals surface area contributed by atoms with Crippen LogP contribution in [0.2, 0.25) is 0 Å². The molecule has 1 amide bonds. The monoisotopic (exact) mass is 377 g/mol. The minimum atomic E-state index is 0.00874. The number of rotatable bonds is 3. The molecule has 0 saturated heterocycles. The van der Waals surface area contributed by atoms with Gasteiger partial charge < -0.3 is 5.32 Å². The molecule has 2 unspecified atom stereocenters. The first kappa shape index (κ1) is 14.1. The predicted molar refractivity (Wildman–Crippen MR) is 83.1 cm³/mol. The Morgan fingerprint density at radius 2 is 2.06 bits per heavy atom. The third kappa shape index (κ3) is 3.60. The van der Waals surface area contributed by atoms with Crippen LogP contribution < -0.4 is 5.32 Å². The maximum atomic E-state index is 12.1. The summed E-state index contributed by atoms with van der Waals surface area (Å²) in [4.78, 5) is 12.1. The SMILES string of the molecule is O=C(NCC1CCCCC1Cl)c1ccccc1I. The molecule has 0 spiro atoms. The molecule has 1 aliphatic carbocycles. The summed E-state index contributed by atoms with van der Waals surface area (Å²) in [7, 11) is 0. The van der Waals surface area contributed by atoms with E-state index in [0.717, 1.165) is 22.0 Å². The van der Waals surface area contributed by atoms with Crippen LogP contribution in [0, 0.1) is 9.49 Å². The van der Waals surface area contributed by atoms with Crippen molar-refractivity contribution < 1.29 is 4.79 Å². The van der Waals surface area contributed by atoms with E-state index in [0.29, 0.717) is 12.5 Å². The van der Waals surface area contributed by atoms with Gasteiger partial charge in [0.05, 0.1) is 5.56 Å². The number of carbonyl (C=O) groups is 1. The summed E-state index contributed by atoms with van der Waals surface area (Å²) < 4.78 is 0.985. The van der Waals surface area contributed by atoms with E-state index in [9.17, 15) is 4.79 Å². The number of hydrogen-bond donors (Lipinski definition) is 1. The first-order chi connectivity index (χ1) is 8.68. The lowest BCUT2D eigenvalue weighted by atomic mass is 9.88. The molecule has 2 atom stereocenters. The highest BCUT2D eigenvalue weighted by molar-refractivity contribution is 14.1. The van der Waals surface area contributed by atoms with E-state index < -0.39 is 0 Å². The molecule has 0 bridgehead atoms. The van der Waals surface area contributed by atoms with Gasteiger partial charge in [0.25, 0.3) is 5.91 Å². The van der Waals surface area contributed by atoms with Crippen LogP contribution in [-0.2, 0) is 0 Å².